The highest BCUT2D eigenvalue weighted by molar-refractivity contribution is 7.99. The number of fused-ring (bicyclic) bond motifs is 1. The van der Waals surface area contributed by atoms with E-state index >= 15 is 0 Å². The minimum Gasteiger partial charge on any atom is -0.359 e. The van der Waals surface area contributed by atoms with Crippen molar-refractivity contribution in [1.29, 1.82) is 0 Å². The average molecular weight is 291 g/mol. The monoisotopic (exact) mass is 291 g/mol. The molecular formula is C12H9N3O2S2. The number of thiophene rings is 1. The van der Waals surface area contributed by atoms with Crippen LogP contribution in [0.2, 0.25) is 0 Å². The van der Waals surface area contributed by atoms with Gasteiger partial charge in [0.25, 0.3) is 5.56 Å². The second-order valence-electron chi connectivity index (χ2n) is 3.81. The zero-order valence-electron chi connectivity index (χ0n) is 9.67. The van der Waals surface area contributed by atoms with Crippen LogP contribution in [0.25, 0.3) is 10.2 Å². The van der Waals surface area contributed by atoms with E-state index in [9.17, 15) is 9.59 Å². The summed E-state index contributed by atoms with van der Waals surface area (Å²) >= 11 is 2.64. The molecule has 0 radical (unpaired) electrons. The lowest BCUT2D eigenvalue weighted by Crippen LogP contribution is -2.09. The van der Waals surface area contributed by atoms with Crippen LogP contribution in [0, 0.1) is 0 Å². The van der Waals surface area contributed by atoms with E-state index < -0.39 is 0 Å². The molecule has 0 aliphatic rings. The number of rotatable bonds is 4. The number of nitrogens with one attached hydrogen (secondary N) is 2. The van der Waals surface area contributed by atoms with Crippen LogP contribution in [0.1, 0.15) is 10.5 Å². The summed E-state index contributed by atoms with van der Waals surface area (Å²) in [7, 11) is 0. The molecule has 0 unspecified atom stereocenters. The van der Waals surface area contributed by atoms with Gasteiger partial charge in [0.2, 0.25) is 0 Å². The summed E-state index contributed by atoms with van der Waals surface area (Å²) in [5.74, 6) is 0.212. The van der Waals surface area contributed by atoms with E-state index in [4.69, 9.17) is 0 Å². The quantitative estimate of drug-likeness (QED) is 0.439. The number of carbonyl (C=O) groups is 1. The van der Waals surface area contributed by atoms with Gasteiger partial charge in [0, 0.05) is 6.20 Å². The van der Waals surface area contributed by atoms with Gasteiger partial charge in [0.05, 0.1) is 16.8 Å². The molecule has 0 spiro atoms. The van der Waals surface area contributed by atoms with Gasteiger partial charge in [-0.1, -0.05) is 11.8 Å². The molecule has 3 aromatic heterocycles. The molecule has 19 heavy (non-hydrogen) atoms. The van der Waals surface area contributed by atoms with E-state index in [-0.39, 0.29) is 17.1 Å². The predicted molar refractivity (Wildman–Crippen MR) is 76.1 cm³/mol. The SMILES string of the molecule is O=C(CSc1nc2sccc2c(=O)[nH]1)c1ccc[nH]1. The Balaban J connectivity index is 1.78. The Bertz CT molecular complexity index is 774. The molecule has 0 saturated heterocycles. The molecule has 3 aromatic rings. The van der Waals surface area contributed by atoms with Crippen molar-refractivity contribution in [2.45, 2.75) is 5.16 Å². The molecule has 2 N–H and O–H groups in total. The van der Waals surface area contributed by atoms with Gasteiger partial charge < -0.3 is 9.97 Å². The first-order valence-corrected chi connectivity index (χ1v) is 7.37. The molecule has 0 aromatic carbocycles. The van der Waals surface area contributed by atoms with Crippen LogP contribution in [0.5, 0.6) is 0 Å². The molecule has 7 heteroatoms. The Morgan fingerprint density at radius 1 is 1.42 bits per heavy atom. The van der Waals surface area contributed by atoms with Gasteiger partial charge >= 0.3 is 0 Å². The third-order valence-electron chi connectivity index (χ3n) is 2.55. The first-order valence-electron chi connectivity index (χ1n) is 5.51. The van der Waals surface area contributed by atoms with Gasteiger partial charge in [-0.15, -0.1) is 11.3 Å². The molecule has 0 aliphatic heterocycles. The smallest absolute Gasteiger partial charge is 0.260 e. The fraction of sp³-hybridized carbons (Fsp3) is 0.0833. The maximum Gasteiger partial charge on any atom is 0.260 e. The van der Waals surface area contributed by atoms with Crippen LogP contribution < -0.4 is 5.56 Å². The summed E-state index contributed by atoms with van der Waals surface area (Å²) < 4.78 is 0. The maximum absolute atomic E-state index is 11.8. The number of Topliss-reactive ketones (excluding diaryl/α,β-unsaturated/α-hetero) is 1. The maximum atomic E-state index is 11.8. The summed E-state index contributed by atoms with van der Waals surface area (Å²) in [4.78, 5) is 34.1. The highest BCUT2D eigenvalue weighted by Crippen LogP contribution is 2.19. The number of hydrogen-bond donors (Lipinski definition) is 2. The number of nitrogens with zero attached hydrogens (tertiary/aromatic N) is 1. The van der Waals surface area contributed by atoms with Crippen molar-refractivity contribution in [2.24, 2.45) is 0 Å². The Kier molecular flexibility index (Phi) is 3.22. The molecule has 0 atom stereocenters. The first-order chi connectivity index (χ1) is 9.24. The van der Waals surface area contributed by atoms with Crippen LogP contribution in [0.4, 0.5) is 0 Å². The summed E-state index contributed by atoms with van der Waals surface area (Å²) in [6.07, 6.45) is 1.70. The van der Waals surface area contributed by atoms with E-state index in [1.165, 1.54) is 23.1 Å². The van der Waals surface area contributed by atoms with E-state index in [0.29, 0.717) is 21.1 Å². The molecule has 3 rings (SSSR count). The van der Waals surface area contributed by atoms with E-state index in [0.717, 1.165) is 0 Å². The van der Waals surface area contributed by atoms with Crippen LogP contribution in [-0.4, -0.2) is 26.5 Å². The average Bonchev–Trinajstić information content (AvgIpc) is 3.06. The summed E-state index contributed by atoms with van der Waals surface area (Å²) in [6.45, 7) is 0. The lowest BCUT2D eigenvalue weighted by atomic mass is 10.3. The number of aromatic nitrogens is 3. The zero-order chi connectivity index (χ0) is 13.2. The number of H-pyrrole nitrogens is 2. The third kappa shape index (κ3) is 2.47. The molecule has 96 valence electrons. The van der Waals surface area contributed by atoms with Crippen LogP contribution in [0.15, 0.2) is 39.7 Å². The fourth-order valence-corrected chi connectivity index (χ4v) is 3.20. The normalized spacial score (nSPS) is 10.9. The number of hydrogen-bond acceptors (Lipinski definition) is 5. The van der Waals surface area contributed by atoms with Gasteiger partial charge in [-0.25, -0.2) is 4.98 Å². The van der Waals surface area contributed by atoms with Crippen LogP contribution in [-0.2, 0) is 0 Å². The second kappa shape index (κ2) is 5.02. The van der Waals surface area contributed by atoms with Crippen LogP contribution >= 0.6 is 23.1 Å². The number of thioether (sulfide) groups is 1. The third-order valence-corrected chi connectivity index (χ3v) is 4.23. The Hall–Kier alpha value is -1.86. The van der Waals surface area contributed by atoms with Crippen molar-refractivity contribution >= 4 is 39.1 Å². The largest absolute Gasteiger partial charge is 0.359 e. The standard InChI is InChI=1S/C12H9N3O2S2/c16-9(8-2-1-4-13-8)6-19-12-14-10(17)7-3-5-18-11(7)15-12/h1-5,13H,6H2,(H,14,15,17). The van der Waals surface area contributed by atoms with Crippen molar-refractivity contribution in [1.82, 2.24) is 15.0 Å². The lowest BCUT2D eigenvalue weighted by Gasteiger charge is -1.99. The minimum absolute atomic E-state index is 0.0241. The Morgan fingerprint density at radius 2 is 2.32 bits per heavy atom. The van der Waals surface area contributed by atoms with Gasteiger partial charge in [-0.2, -0.15) is 0 Å². The first kappa shape index (κ1) is 12.2. The molecule has 5 nitrogen and oxygen atoms in total. The molecule has 0 aliphatic carbocycles. The Morgan fingerprint density at radius 3 is 3.11 bits per heavy atom. The van der Waals surface area contributed by atoms with E-state index in [2.05, 4.69) is 15.0 Å². The number of ketones is 1. The second-order valence-corrected chi connectivity index (χ2v) is 5.66. The highest BCUT2D eigenvalue weighted by Gasteiger charge is 2.10. The van der Waals surface area contributed by atoms with Gasteiger partial charge in [-0.3, -0.25) is 9.59 Å². The van der Waals surface area contributed by atoms with E-state index in [1.807, 2.05) is 5.38 Å². The fourth-order valence-electron chi connectivity index (χ4n) is 1.63. The zero-order valence-corrected chi connectivity index (χ0v) is 11.3. The van der Waals surface area contributed by atoms with Crippen molar-refractivity contribution in [3.63, 3.8) is 0 Å². The molecule has 3 heterocycles. The topological polar surface area (TPSA) is 78.6 Å². The van der Waals surface area contributed by atoms with Crippen LogP contribution in [0.3, 0.4) is 0 Å². The molecule has 0 amide bonds. The predicted octanol–water partition coefficient (Wildman–Crippen LogP) is 2.29. The molecular weight excluding hydrogens is 282 g/mol. The molecule has 0 bridgehead atoms. The summed E-state index contributed by atoms with van der Waals surface area (Å²) in [6, 6.07) is 5.24. The van der Waals surface area contributed by atoms with E-state index in [1.54, 1.807) is 24.4 Å². The summed E-state index contributed by atoms with van der Waals surface area (Å²) in [5.41, 5.74) is 0.396. The van der Waals surface area contributed by atoms with Crippen molar-refractivity contribution in [2.75, 3.05) is 5.75 Å². The molecule has 0 fully saturated rings. The molecule has 0 saturated carbocycles. The van der Waals surface area contributed by atoms with Crippen molar-refractivity contribution < 1.29 is 4.79 Å². The highest BCUT2D eigenvalue weighted by atomic mass is 32.2. The van der Waals surface area contributed by atoms with Gasteiger partial charge in [0.1, 0.15) is 4.83 Å². The number of carbonyl (C=O) groups excluding carboxylic acids is 1. The number of aromatic amines is 2. The van der Waals surface area contributed by atoms with Gasteiger partial charge in [0.15, 0.2) is 10.9 Å². The van der Waals surface area contributed by atoms with Gasteiger partial charge in [-0.05, 0) is 23.6 Å². The minimum atomic E-state index is -0.166. The lowest BCUT2D eigenvalue weighted by molar-refractivity contribution is 0.101. The summed E-state index contributed by atoms with van der Waals surface area (Å²) in [5, 5.41) is 2.88. The van der Waals surface area contributed by atoms with Crippen molar-refractivity contribution in [3.8, 4) is 0 Å². The Labute approximate surface area is 116 Å². The van der Waals surface area contributed by atoms with Crippen molar-refractivity contribution in [3.05, 3.63) is 45.8 Å².